The van der Waals surface area contributed by atoms with Crippen LogP contribution in [-0.4, -0.2) is 49.6 Å². The Bertz CT molecular complexity index is 812. The number of hydrogen-bond acceptors (Lipinski definition) is 5. The van der Waals surface area contributed by atoms with Crippen LogP contribution < -0.4 is 10.6 Å². The number of anilines is 1. The van der Waals surface area contributed by atoms with Crippen LogP contribution in [-0.2, 0) is 25.2 Å². The lowest BCUT2D eigenvalue weighted by Gasteiger charge is -2.24. The van der Waals surface area contributed by atoms with Crippen molar-refractivity contribution in [1.29, 1.82) is 0 Å². The first-order valence-corrected chi connectivity index (χ1v) is 10.5. The normalized spacial score (nSPS) is 28.7. The van der Waals surface area contributed by atoms with Crippen molar-refractivity contribution in [2.45, 2.75) is 62.6 Å². The maximum atomic E-state index is 12.8. The minimum absolute atomic E-state index is 0.00390. The molecule has 1 aromatic rings. The largest absolute Gasteiger partial charge is 0.441 e. The number of fused-ring (bicyclic) bond motifs is 1. The number of rotatable bonds is 4. The molecule has 170 valence electrons. The average Bonchev–Trinajstić information content (AvgIpc) is 3.32. The van der Waals surface area contributed by atoms with Crippen molar-refractivity contribution in [2.24, 2.45) is 5.92 Å². The smallest absolute Gasteiger partial charge is 0.416 e. The highest BCUT2D eigenvalue weighted by atomic mass is 19.4. The number of benzene rings is 1. The summed E-state index contributed by atoms with van der Waals surface area (Å²) in [5.74, 6) is 0.0173. The lowest BCUT2D eigenvalue weighted by molar-refractivity contribution is -0.137. The van der Waals surface area contributed by atoms with E-state index in [1.54, 1.807) is 0 Å². The third-order valence-corrected chi connectivity index (χ3v) is 6.01. The van der Waals surface area contributed by atoms with Crippen molar-refractivity contribution in [3.05, 3.63) is 29.8 Å². The molecule has 0 radical (unpaired) electrons. The number of ether oxygens (including phenoxy) is 3. The first kappa shape index (κ1) is 21.9. The second-order valence-electron chi connectivity index (χ2n) is 8.19. The van der Waals surface area contributed by atoms with E-state index in [4.69, 9.17) is 14.2 Å². The van der Waals surface area contributed by atoms with E-state index in [-0.39, 0.29) is 36.8 Å². The lowest BCUT2D eigenvalue weighted by Crippen LogP contribution is -2.46. The summed E-state index contributed by atoms with van der Waals surface area (Å²) in [5, 5.41) is 5.31. The van der Waals surface area contributed by atoms with Crippen LogP contribution in [0.4, 0.5) is 23.7 Å². The van der Waals surface area contributed by atoms with E-state index in [9.17, 15) is 22.8 Å². The molecule has 3 aliphatic rings. The van der Waals surface area contributed by atoms with Gasteiger partial charge in [-0.15, -0.1) is 0 Å². The Labute approximate surface area is 177 Å². The predicted octanol–water partition coefficient (Wildman–Crippen LogP) is 3.49. The molecule has 10 heteroatoms. The Morgan fingerprint density at radius 1 is 1.03 bits per heavy atom. The van der Waals surface area contributed by atoms with Gasteiger partial charge in [-0.25, -0.2) is 4.79 Å². The molecule has 31 heavy (non-hydrogen) atoms. The molecule has 1 aromatic carbocycles. The topological polar surface area (TPSA) is 85.9 Å². The van der Waals surface area contributed by atoms with E-state index in [0.717, 1.165) is 44.2 Å². The molecule has 0 aromatic heterocycles. The average molecular weight is 442 g/mol. The third kappa shape index (κ3) is 5.12. The van der Waals surface area contributed by atoms with Gasteiger partial charge in [0.25, 0.3) is 0 Å². The van der Waals surface area contributed by atoms with Gasteiger partial charge in [0.1, 0.15) is 12.2 Å². The Hall–Kier alpha value is -2.33. The monoisotopic (exact) mass is 442 g/mol. The summed E-state index contributed by atoms with van der Waals surface area (Å²) >= 11 is 0. The number of carbonyl (C=O) groups excluding carboxylic acids is 2. The molecule has 4 rings (SSSR count). The summed E-state index contributed by atoms with van der Waals surface area (Å²) < 4.78 is 55.2. The number of nitrogens with one attached hydrogen (secondary N) is 2. The minimum Gasteiger partial charge on any atom is -0.441 e. The maximum Gasteiger partial charge on any atom is 0.416 e. The van der Waals surface area contributed by atoms with Gasteiger partial charge >= 0.3 is 12.3 Å². The van der Waals surface area contributed by atoms with Crippen LogP contribution in [0.25, 0.3) is 0 Å². The zero-order valence-corrected chi connectivity index (χ0v) is 16.8. The van der Waals surface area contributed by atoms with Crippen molar-refractivity contribution in [3.63, 3.8) is 0 Å². The fourth-order valence-electron chi connectivity index (χ4n) is 4.41. The molecule has 1 aliphatic carbocycles. The molecule has 3 fully saturated rings. The molecule has 2 saturated heterocycles. The predicted molar refractivity (Wildman–Crippen MR) is 103 cm³/mol. The van der Waals surface area contributed by atoms with Crippen molar-refractivity contribution in [2.75, 3.05) is 18.5 Å². The number of amides is 2. The fraction of sp³-hybridized carbons (Fsp3) is 0.619. The molecule has 0 spiro atoms. The van der Waals surface area contributed by atoms with E-state index < -0.39 is 36.1 Å². The van der Waals surface area contributed by atoms with E-state index in [1.807, 2.05) is 0 Å². The van der Waals surface area contributed by atoms with Gasteiger partial charge < -0.3 is 19.5 Å². The van der Waals surface area contributed by atoms with Gasteiger partial charge in [0.2, 0.25) is 5.91 Å². The van der Waals surface area contributed by atoms with Gasteiger partial charge in [0, 0.05) is 11.6 Å². The molecule has 1 saturated carbocycles. The lowest BCUT2D eigenvalue weighted by atomic mass is 9.88. The molecule has 0 bridgehead atoms. The molecular weight excluding hydrogens is 417 g/mol. The second-order valence-corrected chi connectivity index (χ2v) is 8.19. The summed E-state index contributed by atoms with van der Waals surface area (Å²) in [4.78, 5) is 24.7. The van der Waals surface area contributed by atoms with Gasteiger partial charge in [-0.05, 0) is 31.0 Å². The van der Waals surface area contributed by atoms with Crippen molar-refractivity contribution in [3.8, 4) is 0 Å². The minimum atomic E-state index is -4.51. The first-order valence-electron chi connectivity index (χ1n) is 10.5. The Kier molecular flexibility index (Phi) is 6.38. The summed E-state index contributed by atoms with van der Waals surface area (Å²) in [7, 11) is 0. The molecule has 2 heterocycles. The van der Waals surface area contributed by atoms with Crippen LogP contribution in [0.5, 0.6) is 0 Å². The highest BCUT2D eigenvalue weighted by molar-refractivity contribution is 5.85. The number of halogens is 3. The van der Waals surface area contributed by atoms with Gasteiger partial charge in [0.15, 0.2) is 6.10 Å². The maximum absolute atomic E-state index is 12.8. The van der Waals surface area contributed by atoms with Crippen LogP contribution in [0.1, 0.15) is 37.7 Å². The number of carbonyl (C=O) groups is 2. The molecular formula is C21H25F3N2O5. The first-order chi connectivity index (χ1) is 14.8. The van der Waals surface area contributed by atoms with Crippen molar-refractivity contribution >= 4 is 17.7 Å². The Morgan fingerprint density at radius 3 is 2.52 bits per heavy atom. The van der Waals surface area contributed by atoms with Crippen LogP contribution in [0.2, 0.25) is 0 Å². The number of hydrogen-bond donors (Lipinski definition) is 2. The zero-order chi connectivity index (χ0) is 22.0. The summed E-state index contributed by atoms with van der Waals surface area (Å²) in [6.07, 6.45) is -2.06. The van der Waals surface area contributed by atoms with Gasteiger partial charge in [0.05, 0.1) is 24.8 Å². The quantitative estimate of drug-likeness (QED) is 0.746. The van der Waals surface area contributed by atoms with E-state index in [1.165, 1.54) is 12.1 Å². The Balaban J connectivity index is 1.29. The third-order valence-electron chi connectivity index (χ3n) is 6.01. The second kappa shape index (κ2) is 9.04. The van der Waals surface area contributed by atoms with E-state index >= 15 is 0 Å². The van der Waals surface area contributed by atoms with Gasteiger partial charge in [-0.1, -0.05) is 25.3 Å². The van der Waals surface area contributed by atoms with E-state index in [0.29, 0.717) is 0 Å². The molecule has 0 unspecified atom stereocenters. The molecule has 2 amide bonds. The van der Waals surface area contributed by atoms with E-state index in [2.05, 4.69) is 10.6 Å². The Morgan fingerprint density at radius 2 is 1.77 bits per heavy atom. The van der Waals surface area contributed by atoms with Crippen molar-refractivity contribution < 1.29 is 37.0 Å². The summed E-state index contributed by atoms with van der Waals surface area (Å²) in [6.45, 7) is 0.337. The van der Waals surface area contributed by atoms with Gasteiger partial charge in [-0.2, -0.15) is 13.2 Å². The summed E-state index contributed by atoms with van der Waals surface area (Å²) in [6, 6.07) is 3.97. The SMILES string of the molecule is O=C(Nc1cccc(C(F)(F)F)c1)O[C@H]1CO[C@@H]2[C@@H]1OC[C@@H]2NC(=O)C1CCCCC1. The van der Waals surface area contributed by atoms with Crippen LogP contribution in [0, 0.1) is 5.92 Å². The van der Waals surface area contributed by atoms with Crippen molar-refractivity contribution in [1.82, 2.24) is 5.32 Å². The molecule has 2 aliphatic heterocycles. The van der Waals surface area contributed by atoms with Crippen LogP contribution >= 0.6 is 0 Å². The standard InChI is InChI=1S/C21H25F3N2O5/c22-21(23,24)13-7-4-8-14(9-13)25-20(28)31-16-11-30-17-15(10-29-18(16)17)26-19(27)12-5-2-1-3-6-12/h4,7-9,12,15-18H,1-3,5-6,10-11H2,(H,25,28)(H,26,27)/t15-,16-,17-,18+/m0/s1. The molecule has 7 nitrogen and oxygen atoms in total. The molecule has 2 N–H and O–H groups in total. The zero-order valence-electron chi connectivity index (χ0n) is 16.8. The molecule has 4 atom stereocenters. The van der Waals surface area contributed by atoms with Gasteiger partial charge in [-0.3, -0.25) is 10.1 Å². The summed E-state index contributed by atoms with van der Waals surface area (Å²) in [5.41, 5.74) is -0.898. The highest BCUT2D eigenvalue weighted by Crippen LogP contribution is 2.32. The van der Waals surface area contributed by atoms with Crippen LogP contribution in [0.15, 0.2) is 24.3 Å². The van der Waals surface area contributed by atoms with Crippen LogP contribution in [0.3, 0.4) is 0 Å². The number of alkyl halides is 3. The fourth-order valence-corrected chi connectivity index (χ4v) is 4.41. The highest BCUT2D eigenvalue weighted by Gasteiger charge is 2.50.